The van der Waals surface area contributed by atoms with Crippen LogP contribution in [0.15, 0.2) is 33.6 Å². The number of nitrogens with one attached hydrogen (secondary N) is 1. The summed E-state index contributed by atoms with van der Waals surface area (Å²) in [5.41, 5.74) is 0. The molecule has 0 unspecified atom stereocenters. The van der Waals surface area contributed by atoms with Crippen LogP contribution in [-0.4, -0.2) is 23.5 Å². The molecule has 2 aromatic rings. The van der Waals surface area contributed by atoms with Crippen molar-refractivity contribution >= 4 is 61.7 Å². The molecule has 0 fully saturated rings. The first-order chi connectivity index (χ1) is 9.63. The molecule has 0 atom stereocenters. The predicted octanol–water partition coefficient (Wildman–Crippen LogP) is 3.16. The number of amides is 1. The summed E-state index contributed by atoms with van der Waals surface area (Å²) >= 11 is 6.02. The van der Waals surface area contributed by atoms with E-state index in [0.29, 0.717) is 5.13 Å². The number of halogens is 1. The molecule has 104 valence electrons. The lowest BCUT2D eigenvalue weighted by Crippen LogP contribution is -2.19. The number of esters is 1. The lowest BCUT2D eigenvalue weighted by atomic mass is 10.4. The summed E-state index contributed by atoms with van der Waals surface area (Å²) in [6, 6.07) is 3.76. The number of nitrogens with zero attached hydrogens (tertiary/aromatic N) is 1. The zero-order valence-electron chi connectivity index (χ0n) is 10.0. The average molecular weight is 373 g/mol. The van der Waals surface area contributed by atoms with E-state index in [4.69, 9.17) is 4.74 Å². The molecule has 0 spiro atoms. The third-order valence-electron chi connectivity index (χ3n) is 2.00. The Hall–Kier alpha value is -1.51. The number of ether oxygens (including phenoxy) is 1. The summed E-state index contributed by atoms with van der Waals surface area (Å²) in [6.45, 7) is -0.342. The van der Waals surface area contributed by atoms with Crippen molar-refractivity contribution in [1.29, 1.82) is 0 Å². The second-order valence-corrected chi connectivity index (χ2v) is 6.86. The van der Waals surface area contributed by atoms with E-state index in [1.165, 1.54) is 28.7 Å². The number of thiazole rings is 1. The van der Waals surface area contributed by atoms with E-state index < -0.39 is 11.9 Å². The van der Waals surface area contributed by atoms with Crippen molar-refractivity contribution in [3.63, 3.8) is 0 Å². The summed E-state index contributed by atoms with van der Waals surface area (Å²) < 4.78 is 5.62. The van der Waals surface area contributed by atoms with Crippen LogP contribution >= 0.6 is 38.6 Å². The van der Waals surface area contributed by atoms with Gasteiger partial charge in [-0.05, 0) is 33.5 Å². The summed E-state index contributed by atoms with van der Waals surface area (Å²) in [6.07, 6.45) is 4.51. The van der Waals surface area contributed by atoms with Gasteiger partial charge in [0.05, 0.1) is 9.98 Å². The summed E-state index contributed by atoms with van der Waals surface area (Å²) in [7, 11) is 0. The normalized spacial score (nSPS) is 10.7. The van der Waals surface area contributed by atoms with Gasteiger partial charge in [0.15, 0.2) is 11.7 Å². The highest BCUT2D eigenvalue weighted by molar-refractivity contribution is 9.11. The number of thiophene rings is 1. The molecule has 1 N–H and O–H groups in total. The first-order valence-corrected chi connectivity index (χ1v) is 7.92. The second-order valence-electron chi connectivity index (χ2n) is 3.47. The Balaban J connectivity index is 1.74. The van der Waals surface area contributed by atoms with E-state index in [0.717, 1.165) is 8.66 Å². The third-order valence-corrected chi connectivity index (χ3v) is 4.23. The quantitative estimate of drug-likeness (QED) is 0.646. The van der Waals surface area contributed by atoms with E-state index in [-0.39, 0.29) is 6.61 Å². The van der Waals surface area contributed by atoms with Crippen molar-refractivity contribution in [2.24, 2.45) is 0 Å². The first-order valence-electron chi connectivity index (χ1n) is 5.43. The number of aromatic nitrogens is 1. The van der Waals surface area contributed by atoms with Gasteiger partial charge in [-0.2, -0.15) is 0 Å². The molecular formula is C12H9BrN2O3S2. The van der Waals surface area contributed by atoms with Crippen molar-refractivity contribution in [3.05, 3.63) is 38.4 Å². The molecule has 0 aliphatic carbocycles. The molecule has 1 amide bonds. The second kappa shape index (κ2) is 7.32. The van der Waals surface area contributed by atoms with Gasteiger partial charge in [-0.15, -0.1) is 11.3 Å². The number of carbonyl (C=O) groups excluding carboxylic acids is 2. The number of carbonyl (C=O) groups is 2. The van der Waals surface area contributed by atoms with E-state index in [2.05, 4.69) is 26.2 Å². The standard InChI is InChI=1S/C12H9BrN2O3S2/c13-9-6-14-12(20-9)15-10(16)7-18-11(17)4-3-8-2-1-5-19-8/h1-6H,7H2,(H,14,15,16). The maximum Gasteiger partial charge on any atom is 0.331 e. The Morgan fingerprint density at radius 2 is 2.35 bits per heavy atom. The Morgan fingerprint density at radius 1 is 1.50 bits per heavy atom. The predicted molar refractivity (Wildman–Crippen MR) is 82.8 cm³/mol. The van der Waals surface area contributed by atoms with E-state index >= 15 is 0 Å². The van der Waals surface area contributed by atoms with Crippen LogP contribution < -0.4 is 5.32 Å². The van der Waals surface area contributed by atoms with Gasteiger partial charge >= 0.3 is 5.97 Å². The van der Waals surface area contributed by atoms with Crippen LogP contribution in [0.4, 0.5) is 5.13 Å². The molecule has 2 rings (SSSR count). The third kappa shape index (κ3) is 4.87. The highest BCUT2D eigenvalue weighted by atomic mass is 79.9. The van der Waals surface area contributed by atoms with Gasteiger partial charge in [0.25, 0.3) is 5.91 Å². The fourth-order valence-electron chi connectivity index (χ4n) is 1.19. The van der Waals surface area contributed by atoms with Gasteiger partial charge in [-0.3, -0.25) is 10.1 Å². The fraction of sp³-hybridized carbons (Fsp3) is 0.0833. The smallest absolute Gasteiger partial charge is 0.331 e. The van der Waals surface area contributed by atoms with Gasteiger partial charge in [-0.1, -0.05) is 17.4 Å². The number of hydrogen-bond acceptors (Lipinski definition) is 6. The molecule has 0 aliphatic heterocycles. The molecular weight excluding hydrogens is 364 g/mol. The lowest BCUT2D eigenvalue weighted by molar-refractivity contribution is -0.142. The molecule has 2 heterocycles. The minimum absolute atomic E-state index is 0.342. The van der Waals surface area contributed by atoms with Crippen molar-refractivity contribution < 1.29 is 14.3 Å². The van der Waals surface area contributed by atoms with E-state index in [1.54, 1.807) is 12.3 Å². The molecule has 8 heteroatoms. The van der Waals surface area contributed by atoms with E-state index in [1.807, 2.05) is 17.5 Å². The summed E-state index contributed by atoms with van der Waals surface area (Å²) in [4.78, 5) is 27.8. The molecule has 0 aliphatic rings. The van der Waals surface area contributed by atoms with Crippen LogP contribution in [-0.2, 0) is 14.3 Å². The Kier molecular flexibility index (Phi) is 5.45. The van der Waals surface area contributed by atoms with Crippen molar-refractivity contribution in [2.45, 2.75) is 0 Å². The first kappa shape index (κ1) is 14.9. The van der Waals surface area contributed by atoms with Crippen molar-refractivity contribution in [3.8, 4) is 0 Å². The topological polar surface area (TPSA) is 68.3 Å². The zero-order valence-corrected chi connectivity index (χ0v) is 13.3. The zero-order chi connectivity index (χ0) is 14.4. The van der Waals surface area contributed by atoms with E-state index in [9.17, 15) is 9.59 Å². The maximum atomic E-state index is 11.5. The highest BCUT2D eigenvalue weighted by Crippen LogP contribution is 2.22. The van der Waals surface area contributed by atoms with Gasteiger partial charge < -0.3 is 4.74 Å². The summed E-state index contributed by atoms with van der Waals surface area (Å²) in [5, 5.41) is 4.89. The molecule has 5 nitrogen and oxygen atoms in total. The van der Waals surface area contributed by atoms with Crippen LogP contribution in [0.5, 0.6) is 0 Å². The van der Waals surface area contributed by atoms with Crippen molar-refractivity contribution in [1.82, 2.24) is 4.98 Å². The maximum absolute atomic E-state index is 11.5. The van der Waals surface area contributed by atoms with Crippen LogP contribution in [0.25, 0.3) is 6.08 Å². The minimum atomic E-state index is -0.561. The number of hydrogen-bond donors (Lipinski definition) is 1. The Bertz CT molecular complexity index is 622. The van der Waals surface area contributed by atoms with Crippen LogP contribution in [0, 0.1) is 0 Å². The number of anilines is 1. The molecule has 2 aromatic heterocycles. The molecule has 0 saturated heterocycles. The largest absolute Gasteiger partial charge is 0.452 e. The molecule has 0 saturated carbocycles. The van der Waals surface area contributed by atoms with Gasteiger partial charge in [0.1, 0.15) is 0 Å². The van der Waals surface area contributed by atoms with Crippen LogP contribution in [0.2, 0.25) is 0 Å². The average Bonchev–Trinajstić information content (AvgIpc) is 3.06. The highest BCUT2D eigenvalue weighted by Gasteiger charge is 2.08. The fourth-order valence-corrected chi connectivity index (χ4v) is 2.93. The Morgan fingerprint density at radius 3 is 3.00 bits per heavy atom. The van der Waals surface area contributed by atoms with Gasteiger partial charge in [0, 0.05) is 11.0 Å². The molecule has 0 aromatic carbocycles. The van der Waals surface area contributed by atoms with Gasteiger partial charge in [-0.25, -0.2) is 9.78 Å². The van der Waals surface area contributed by atoms with Gasteiger partial charge in [0.2, 0.25) is 0 Å². The lowest BCUT2D eigenvalue weighted by Gasteiger charge is -2.01. The Labute approximate surface area is 131 Å². The summed E-state index contributed by atoms with van der Waals surface area (Å²) in [5.74, 6) is -0.987. The minimum Gasteiger partial charge on any atom is -0.452 e. The van der Waals surface area contributed by atoms with Crippen LogP contribution in [0.1, 0.15) is 4.88 Å². The van der Waals surface area contributed by atoms with Crippen LogP contribution in [0.3, 0.4) is 0 Å². The monoisotopic (exact) mass is 372 g/mol. The molecule has 20 heavy (non-hydrogen) atoms. The molecule has 0 bridgehead atoms. The van der Waals surface area contributed by atoms with Crippen molar-refractivity contribution in [2.75, 3.05) is 11.9 Å². The SMILES string of the molecule is O=C(COC(=O)C=Cc1cccs1)Nc1ncc(Br)s1. The number of rotatable bonds is 5. The molecule has 0 radical (unpaired) electrons.